The SMILES string of the molecule is CCNC(=NCC(C)(O)c1ccc(C)o1)NC1C2CCCOC2C1(C)C. The van der Waals surface area contributed by atoms with Crippen molar-refractivity contribution in [1.29, 1.82) is 0 Å². The summed E-state index contributed by atoms with van der Waals surface area (Å²) in [6.07, 6.45) is 2.63. The maximum atomic E-state index is 10.7. The molecular formula is C20H33N3O3. The van der Waals surface area contributed by atoms with Crippen LogP contribution in [0, 0.1) is 18.3 Å². The minimum atomic E-state index is -1.14. The molecule has 1 saturated carbocycles. The maximum absolute atomic E-state index is 10.7. The molecule has 1 aliphatic carbocycles. The van der Waals surface area contributed by atoms with Crippen LogP contribution in [0.2, 0.25) is 0 Å². The van der Waals surface area contributed by atoms with Crippen molar-refractivity contribution in [3.63, 3.8) is 0 Å². The molecule has 2 aliphatic rings. The van der Waals surface area contributed by atoms with Crippen LogP contribution < -0.4 is 10.6 Å². The Morgan fingerprint density at radius 1 is 1.42 bits per heavy atom. The van der Waals surface area contributed by atoms with Gasteiger partial charge in [0.05, 0.1) is 12.6 Å². The molecule has 0 bridgehead atoms. The summed E-state index contributed by atoms with van der Waals surface area (Å²) in [6.45, 7) is 12.0. The molecule has 146 valence electrons. The summed E-state index contributed by atoms with van der Waals surface area (Å²) in [5.74, 6) is 2.59. The van der Waals surface area contributed by atoms with E-state index < -0.39 is 5.60 Å². The second kappa shape index (κ2) is 7.24. The third-order valence-corrected chi connectivity index (χ3v) is 5.78. The summed E-state index contributed by atoms with van der Waals surface area (Å²) in [7, 11) is 0. The van der Waals surface area contributed by atoms with E-state index in [0.717, 1.165) is 31.3 Å². The first kappa shape index (κ1) is 19.2. The van der Waals surface area contributed by atoms with Gasteiger partial charge in [-0.25, -0.2) is 4.99 Å². The number of nitrogens with one attached hydrogen (secondary N) is 2. The van der Waals surface area contributed by atoms with Crippen molar-refractivity contribution in [1.82, 2.24) is 10.6 Å². The number of aliphatic hydroxyl groups is 1. The number of aryl methyl sites for hydroxylation is 1. The Labute approximate surface area is 156 Å². The minimum absolute atomic E-state index is 0.0713. The largest absolute Gasteiger partial charge is 0.463 e. The van der Waals surface area contributed by atoms with Gasteiger partial charge in [0.15, 0.2) is 5.96 Å². The third kappa shape index (κ3) is 3.62. The summed E-state index contributed by atoms with van der Waals surface area (Å²) in [5.41, 5.74) is -1.07. The van der Waals surface area contributed by atoms with E-state index >= 15 is 0 Å². The van der Waals surface area contributed by atoms with E-state index in [-0.39, 0.29) is 12.0 Å². The van der Waals surface area contributed by atoms with Crippen LogP contribution in [0.15, 0.2) is 21.5 Å². The summed E-state index contributed by atoms with van der Waals surface area (Å²) in [5, 5.41) is 17.6. The van der Waals surface area contributed by atoms with Crippen LogP contribution in [-0.4, -0.2) is 42.9 Å². The highest BCUT2D eigenvalue weighted by Gasteiger charge is 2.58. The van der Waals surface area contributed by atoms with E-state index in [2.05, 4.69) is 29.5 Å². The zero-order chi connectivity index (χ0) is 18.9. The molecule has 1 aromatic rings. The lowest BCUT2D eigenvalue weighted by molar-refractivity contribution is -0.188. The molecule has 2 fully saturated rings. The lowest BCUT2D eigenvalue weighted by Crippen LogP contribution is -2.71. The number of aliphatic imine (C=N–C) groups is 1. The van der Waals surface area contributed by atoms with Crippen LogP contribution in [-0.2, 0) is 10.3 Å². The summed E-state index contributed by atoms with van der Waals surface area (Å²) >= 11 is 0. The van der Waals surface area contributed by atoms with Gasteiger partial charge in [0.1, 0.15) is 17.1 Å². The van der Waals surface area contributed by atoms with Crippen LogP contribution in [0.3, 0.4) is 0 Å². The topological polar surface area (TPSA) is 79.0 Å². The molecule has 3 rings (SSSR count). The predicted molar refractivity (Wildman–Crippen MR) is 102 cm³/mol. The molecule has 26 heavy (non-hydrogen) atoms. The number of hydrogen-bond acceptors (Lipinski definition) is 4. The van der Waals surface area contributed by atoms with Crippen molar-refractivity contribution in [2.45, 2.75) is 65.2 Å². The highest BCUT2D eigenvalue weighted by Crippen LogP contribution is 2.51. The number of nitrogens with zero attached hydrogens (tertiary/aromatic N) is 1. The second-order valence-electron chi connectivity index (χ2n) is 8.42. The highest BCUT2D eigenvalue weighted by atomic mass is 16.5. The molecule has 0 radical (unpaired) electrons. The zero-order valence-electron chi connectivity index (χ0n) is 16.6. The Bertz CT molecular complexity index is 650. The number of hydrogen-bond donors (Lipinski definition) is 3. The van der Waals surface area contributed by atoms with E-state index in [0.29, 0.717) is 23.8 Å². The number of furan rings is 1. The van der Waals surface area contributed by atoms with Crippen LogP contribution in [0.1, 0.15) is 52.1 Å². The Hall–Kier alpha value is -1.53. The quantitative estimate of drug-likeness (QED) is 0.553. The lowest BCUT2D eigenvalue weighted by Gasteiger charge is -2.60. The van der Waals surface area contributed by atoms with Crippen molar-refractivity contribution in [2.24, 2.45) is 16.3 Å². The molecule has 0 spiro atoms. The van der Waals surface area contributed by atoms with Gasteiger partial charge < -0.3 is 24.9 Å². The van der Waals surface area contributed by atoms with Crippen LogP contribution in [0.25, 0.3) is 0 Å². The Morgan fingerprint density at radius 3 is 2.85 bits per heavy atom. The van der Waals surface area contributed by atoms with Gasteiger partial charge >= 0.3 is 0 Å². The van der Waals surface area contributed by atoms with Gasteiger partial charge in [0, 0.05) is 30.5 Å². The summed E-state index contributed by atoms with van der Waals surface area (Å²) < 4.78 is 11.6. The molecule has 2 heterocycles. The van der Waals surface area contributed by atoms with E-state index in [1.165, 1.54) is 6.42 Å². The van der Waals surface area contributed by atoms with Gasteiger partial charge in [0.25, 0.3) is 0 Å². The Balaban J connectivity index is 1.69. The van der Waals surface area contributed by atoms with E-state index in [4.69, 9.17) is 9.15 Å². The predicted octanol–water partition coefficient (Wildman–Crippen LogP) is 2.55. The Kier molecular flexibility index (Phi) is 5.35. The van der Waals surface area contributed by atoms with Crippen LogP contribution >= 0.6 is 0 Å². The fourth-order valence-corrected chi connectivity index (χ4v) is 4.32. The molecule has 1 aromatic heterocycles. The zero-order valence-corrected chi connectivity index (χ0v) is 16.6. The van der Waals surface area contributed by atoms with Gasteiger partial charge in [0.2, 0.25) is 0 Å². The van der Waals surface area contributed by atoms with Gasteiger partial charge in [-0.3, -0.25) is 0 Å². The van der Waals surface area contributed by atoms with E-state index in [1.807, 2.05) is 26.0 Å². The number of ether oxygens (including phenoxy) is 1. The van der Waals surface area contributed by atoms with Gasteiger partial charge in [-0.2, -0.15) is 0 Å². The maximum Gasteiger partial charge on any atom is 0.191 e. The summed E-state index contributed by atoms with van der Waals surface area (Å²) in [4.78, 5) is 4.64. The molecule has 1 aliphatic heterocycles. The first-order valence-corrected chi connectivity index (χ1v) is 9.71. The number of guanidine groups is 1. The first-order valence-electron chi connectivity index (χ1n) is 9.71. The van der Waals surface area contributed by atoms with Crippen molar-refractivity contribution in [2.75, 3.05) is 19.7 Å². The smallest absolute Gasteiger partial charge is 0.191 e. The summed E-state index contributed by atoms with van der Waals surface area (Å²) in [6, 6.07) is 3.99. The highest BCUT2D eigenvalue weighted by molar-refractivity contribution is 5.80. The van der Waals surface area contributed by atoms with Crippen LogP contribution in [0.5, 0.6) is 0 Å². The average molecular weight is 364 g/mol. The first-order chi connectivity index (χ1) is 12.3. The molecule has 1 saturated heterocycles. The molecule has 0 aromatic carbocycles. The minimum Gasteiger partial charge on any atom is -0.463 e. The fourth-order valence-electron chi connectivity index (χ4n) is 4.32. The van der Waals surface area contributed by atoms with Crippen LogP contribution in [0.4, 0.5) is 0 Å². The number of rotatable bonds is 5. The second-order valence-corrected chi connectivity index (χ2v) is 8.42. The van der Waals surface area contributed by atoms with Gasteiger partial charge in [-0.05, 0) is 45.7 Å². The van der Waals surface area contributed by atoms with Crippen molar-refractivity contribution in [3.8, 4) is 0 Å². The lowest BCUT2D eigenvalue weighted by atomic mass is 9.55. The van der Waals surface area contributed by atoms with Gasteiger partial charge in [-0.1, -0.05) is 13.8 Å². The van der Waals surface area contributed by atoms with Crippen molar-refractivity contribution >= 4 is 5.96 Å². The molecule has 6 nitrogen and oxygen atoms in total. The van der Waals surface area contributed by atoms with E-state index in [9.17, 15) is 5.11 Å². The molecule has 6 heteroatoms. The number of fused-ring (bicyclic) bond motifs is 1. The fraction of sp³-hybridized carbons (Fsp3) is 0.750. The molecule has 4 unspecified atom stereocenters. The Morgan fingerprint density at radius 2 is 2.19 bits per heavy atom. The third-order valence-electron chi connectivity index (χ3n) is 5.78. The van der Waals surface area contributed by atoms with Crippen molar-refractivity contribution < 1.29 is 14.3 Å². The van der Waals surface area contributed by atoms with Gasteiger partial charge in [-0.15, -0.1) is 0 Å². The van der Waals surface area contributed by atoms with Crippen molar-refractivity contribution in [3.05, 3.63) is 23.7 Å². The molecule has 4 atom stereocenters. The normalized spacial score (nSPS) is 30.1. The average Bonchev–Trinajstić information content (AvgIpc) is 3.04. The van der Waals surface area contributed by atoms with E-state index in [1.54, 1.807) is 6.92 Å². The molecule has 3 N–H and O–H groups in total. The standard InChI is InChI=1S/C20H33N3O3/c1-6-21-18(22-12-20(5,24)15-10-9-13(2)26-15)23-16-14-8-7-11-25-17(14)19(16,3)4/h9-10,14,16-17,24H,6-8,11-12H2,1-5H3,(H2,21,22,23). The molecule has 0 amide bonds. The monoisotopic (exact) mass is 363 g/mol. The molecular weight excluding hydrogens is 330 g/mol.